The molecule has 1 amide bonds. The highest BCUT2D eigenvalue weighted by atomic mass is 16.1. The van der Waals surface area contributed by atoms with E-state index in [2.05, 4.69) is 20.2 Å². The van der Waals surface area contributed by atoms with Crippen LogP contribution in [0.5, 0.6) is 0 Å². The van der Waals surface area contributed by atoms with E-state index in [0.29, 0.717) is 18.5 Å². The standard InChI is InChI=1S/C12H19N5O/c1-17(2)9(8-3-4-8)7-16-12(18)10-11(13)15-6-5-14-10/h5-6,8-9H,3-4,7H2,1-2H3,(H2,13,15)(H,16,18). The van der Waals surface area contributed by atoms with Crippen molar-refractivity contribution in [3.63, 3.8) is 0 Å². The third kappa shape index (κ3) is 2.95. The molecule has 6 heteroatoms. The molecule has 0 aliphatic heterocycles. The van der Waals surface area contributed by atoms with Gasteiger partial charge in [-0.05, 0) is 32.9 Å². The van der Waals surface area contributed by atoms with Gasteiger partial charge in [-0.25, -0.2) is 9.97 Å². The van der Waals surface area contributed by atoms with Gasteiger partial charge in [0.1, 0.15) is 0 Å². The maximum Gasteiger partial charge on any atom is 0.273 e. The molecule has 0 bridgehead atoms. The number of amides is 1. The molecule has 1 unspecified atom stereocenters. The Bertz CT molecular complexity index is 428. The van der Waals surface area contributed by atoms with E-state index in [1.165, 1.54) is 25.2 Å². The number of carbonyl (C=O) groups excluding carboxylic acids is 1. The van der Waals surface area contributed by atoms with E-state index in [4.69, 9.17) is 5.73 Å². The Kier molecular flexibility index (Phi) is 3.76. The van der Waals surface area contributed by atoms with Crippen LogP contribution in [0.25, 0.3) is 0 Å². The lowest BCUT2D eigenvalue weighted by molar-refractivity contribution is 0.0934. The first-order valence-electron chi connectivity index (χ1n) is 6.10. The third-order valence-corrected chi connectivity index (χ3v) is 3.24. The van der Waals surface area contributed by atoms with Gasteiger partial charge < -0.3 is 16.0 Å². The van der Waals surface area contributed by atoms with E-state index in [0.717, 1.165) is 0 Å². The zero-order chi connectivity index (χ0) is 13.1. The zero-order valence-corrected chi connectivity index (χ0v) is 10.8. The Morgan fingerprint density at radius 2 is 2.17 bits per heavy atom. The number of rotatable bonds is 5. The summed E-state index contributed by atoms with van der Waals surface area (Å²) in [6, 6.07) is 0.381. The lowest BCUT2D eigenvalue weighted by atomic mass is 10.1. The first kappa shape index (κ1) is 12.8. The molecule has 1 aromatic rings. The SMILES string of the molecule is CN(C)C(CNC(=O)c1nccnc1N)C1CC1. The van der Waals surface area contributed by atoms with Crippen LogP contribution in [0, 0.1) is 5.92 Å². The summed E-state index contributed by atoms with van der Waals surface area (Å²) in [4.78, 5) is 21.9. The molecule has 3 N–H and O–H groups in total. The Labute approximate surface area is 107 Å². The zero-order valence-electron chi connectivity index (χ0n) is 10.8. The molecule has 1 saturated carbocycles. The van der Waals surface area contributed by atoms with Crippen LogP contribution in [-0.2, 0) is 0 Å². The number of carbonyl (C=O) groups is 1. The smallest absolute Gasteiger partial charge is 0.273 e. The fraction of sp³-hybridized carbons (Fsp3) is 0.583. The fourth-order valence-electron chi connectivity index (χ4n) is 2.06. The van der Waals surface area contributed by atoms with Gasteiger partial charge in [-0.1, -0.05) is 0 Å². The number of nitrogens with one attached hydrogen (secondary N) is 1. The molecular weight excluding hydrogens is 230 g/mol. The number of likely N-dealkylation sites (N-methyl/N-ethyl adjacent to an activating group) is 1. The van der Waals surface area contributed by atoms with Gasteiger partial charge in [0, 0.05) is 25.0 Å². The van der Waals surface area contributed by atoms with Crippen molar-refractivity contribution in [1.82, 2.24) is 20.2 Å². The van der Waals surface area contributed by atoms with Crippen molar-refractivity contribution < 1.29 is 4.79 Å². The molecule has 98 valence electrons. The summed E-state index contributed by atoms with van der Waals surface area (Å²) >= 11 is 0. The lowest BCUT2D eigenvalue weighted by Crippen LogP contribution is -2.42. The van der Waals surface area contributed by atoms with Crippen LogP contribution in [0.1, 0.15) is 23.3 Å². The Morgan fingerprint density at radius 1 is 1.50 bits per heavy atom. The van der Waals surface area contributed by atoms with Gasteiger partial charge in [0.25, 0.3) is 5.91 Å². The monoisotopic (exact) mass is 249 g/mol. The molecule has 0 radical (unpaired) electrons. The minimum atomic E-state index is -0.256. The normalized spacial score (nSPS) is 16.6. The maximum absolute atomic E-state index is 11.9. The third-order valence-electron chi connectivity index (χ3n) is 3.24. The molecule has 6 nitrogen and oxygen atoms in total. The molecule has 1 atom stereocenters. The van der Waals surface area contributed by atoms with E-state index < -0.39 is 0 Å². The van der Waals surface area contributed by atoms with Gasteiger partial charge in [-0.3, -0.25) is 4.79 Å². The van der Waals surface area contributed by atoms with Crippen LogP contribution in [0.3, 0.4) is 0 Å². The van der Waals surface area contributed by atoms with E-state index in [-0.39, 0.29) is 17.4 Å². The second-order valence-electron chi connectivity index (χ2n) is 4.87. The Hall–Kier alpha value is -1.69. The quantitative estimate of drug-likeness (QED) is 0.775. The molecule has 1 aliphatic rings. The summed E-state index contributed by atoms with van der Waals surface area (Å²) in [5.41, 5.74) is 5.81. The van der Waals surface area contributed by atoms with Crippen molar-refractivity contribution >= 4 is 11.7 Å². The fourth-order valence-corrected chi connectivity index (χ4v) is 2.06. The lowest BCUT2D eigenvalue weighted by Gasteiger charge is -2.24. The minimum Gasteiger partial charge on any atom is -0.382 e. The van der Waals surface area contributed by atoms with Crippen molar-refractivity contribution in [3.8, 4) is 0 Å². The first-order chi connectivity index (χ1) is 8.59. The molecule has 0 aromatic carbocycles. The minimum absolute atomic E-state index is 0.169. The molecule has 2 rings (SSSR count). The molecule has 18 heavy (non-hydrogen) atoms. The highest BCUT2D eigenvalue weighted by molar-refractivity contribution is 5.96. The number of aromatic nitrogens is 2. The van der Waals surface area contributed by atoms with E-state index in [9.17, 15) is 4.79 Å². The molecule has 1 aliphatic carbocycles. The summed E-state index contributed by atoms with van der Waals surface area (Å²) in [5, 5.41) is 2.88. The van der Waals surface area contributed by atoms with Crippen molar-refractivity contribution in [2.24, 2.45) is 5.92 Å². The van der Waals surface area contributed by atoms with Crippen LogP contribution in [0.4, 0.5) is 5.82 Å². The molecular formula is C12H19N5O. The first-order valence-corrected chi connectivity index (χ1v) is 6.10. The maximum atomic E-state index is 11.9. The van der Waals surface area contributed by atoms with Crippen molar-refractivity contribution in [1.29, 1.82) is 0 Å². The highest BCUT2D eigenvalue weighted by Crippen LogP contribution is 2.34. The predicted octanol–water partition coefficient (Wildman–Crippen LogP) is 0.129. The molecule has 1 aromatic heterocycles. The number of hydrogen-bond donors (Lipinski definition) is 2. The van der Waals surface area contributed by atoms with Gasteiger partial charge in [0.15, 0.2) is 11.5 Å². The number of hydrogen-bond acceptors (Lipinski definition) is 5. The van der Waals surface area contributed by atoms with Crippen LogP contribution in [-0.4, -0.2) is 47.5 Å². The van der Waals surface area contributed by atoms with Crippen LogP contribution in [0.2, 0.25) is 0 Å². The summed E-state index contributed by atoms with van der Waals surface area (Å²) in [5.74, 6) is 0.607. The number of anilines is 1. The largest absolute Gasteiger partial charge is 0.382 e. The van der Waals surface area contributed by atoms with Crippen LogP contribution >= 0.6 is 0 Å². The summed E-state index contributed by atoms with van der Waals surface area (Å²) in [6.45, 7) is 0.618. The summed E-state index contributed by atoms with van der Waals surface area (Å²) in [7, 11) is 4.07. The van der Waals surface area contributed by atoms with Gasteiger partial charge >= 0.3 is 0 Å². The number of nitrogen functional groups attached to an aromatic ring is 1. The summed E-state index contributed by atoms with van der Waals surface area (Å²) < 4.78 is 0. The molecule has 1 fully saturated rings. The Morgan fingerprint density at radius 3 is 2.72 bits per heavy atom. The van der Waals surface area contributed by atoms with Crippen molar-refractivity contribution in [2.45, 2.75) is 18.9 Å². The van der Waals surface area contributed by atoms with Gasteiger partial charge in [0.05, 0.1) is 0 Å². The van der Waals surface area contributed by atoms with Crippen molar-refractivity contribution in [2.75, 3.05) is 26.4 Å². The Balaban J connectivity index is 1.93. The topological polar surface area (TPSA) is 84.1 Å². The van der Waals surface area contributed by atoms with Crippen LogP contribution < -0.4 is 11.1 Å². The second kappa shape index (κ2) is 5.30. The highest BCUT2D eigenvalue weighted by Gasteiger charge is 2.32. The van der Waals surface area contributed by atoms with E-state index in [1.54, 1.807) is 0 Å². The van der Waals surface area contributed by atoms with Gasteiger partial charge in [0.2, 0.25) is 0 Å². The number of nitrogens with two attached hydrogens (primary N) is 1. The molecule has 1 heterocycles. The number of nitrogens with zero attached hydrogens (tertiary/aromatic N) is 3. The average molecular weight is 249 g/mol. The molecule has 0 saturated heterocycles. The molecule has 0 spiro atoms. The van der Waals surface area contributed by atoms with E-state index >= 15 is 0 Å². The average Bonchev–Trinajstić information content (AvgIpc) is 3.13. The van der Waals surface area contributed by atoms with Gasteiger partial charge in [-0.2, -0.15) is 0 Å². The van der Waals surface area contributed by atoms with Crippen molar-refractivity contribution in [3.05, 3.63) is 18.1 Å². The van der Waals surface area contributed by atoms with E-state index in [1.807, 2.05) is 14.1 Å². The van der Waals surface area contributed by atoms with Crippen LogP contribution in [0.15, 0.2) is 12.4 Å². The summed E-state index contributed by atoms with van der Waals surface area (Å²) in [6.07, 6.45) is 5.42. The second-order valence-corrected chi connectivity index (χ2v) is 4.87. The predicted molar refractivity (Wildman–Crippen MR) is 69.0 cm³/mol. The van der Waals surface area contributed by atoms with Gasteiger partial charge in [-0.15, -0.1) is 0 Å².